The molecule has 0 unspecified atom stereocenters. The van der Waals surface area contributed by atoms with Crippen molar-refractivity contribution in [2.75, 3.05) is 0 Å². The number of carboxylic acid groups (broad SMARTS) is 1. The minimum absolute atomic E-state index is 0.331. The van der Waals surface area contributed by atoms with Crippen LogP contribution in [0.5, 0.6) is 0 Å². The van der Waals surface area contributed by atoms with Crippen LogP contribution < -0.4 is 0 Å². The Bertz CT molecular complexity index is 170. The highest BCUT2D eigenvalue weighted by molar-refractivity contribution is 6.57. The minimum Gasteiger partial charge on any atom is -0.479 e. The maximum atomic E-state index is 10.5. The van der Waals surface area contributed by atoms with Crippen molar-refractivity contribution in [2.24, 2.45) is 0 Å². The molecule has 0 aliphatic rings. The van der Waals surface area contributed by atoms with Crippen molar-refractivity contribution in [3.63, 3.8) is 0 Å². The van der Waals surface area contributed by atoms with Gasteiger partial charge in [0.1, 0.15) is 0 Å². The van der Waals surface area contributed by atoms with Gasteiger partial charge in [-0.05, 0) is 12.8 Å². The Labute approximate surface area is 95.6 Å². The first kappa shape index (κ1) is 14.1. The van der Waals surface area contributed by atoms with Crippen LogP contribution in [0.1, 0.15) is 51.9 Å². The lowest BCUT2D eigenvalue weighted by Gasteiger charge is -2.13. The predicted molar refractivity (Wildman–Crippen MR) is 60.1 cm³/mol. The number of hydrogen-bond donors (Lipinski definition) is 1. The van der Waals surface area contributed by atoms with E-state index in [1.807, 2.05) is 0 Å². The summed E-state index contributed by atoms with van der Waals surface area (Å²) in [7, 11) is 0. The van der Waals surface area contributed by atoms with Gasteiger partial charge in [0, 0.05) is 0 Å². The molecule has 0 fully saturated rings. The third kappa shape index (κ3) is 6.50. The highest BCUT2D eigenvalue weighted by Crippen LogP contribution is 2.28. The van der Waals surface area contributed by atoms with Gasteiger partial charge in [0.25, 0.3) is 0 Å². The molecule has 0 aromatic carbocycles. The summed E-state index contributed by atoms with van der Waals surface area (Å²) < 4.78 is -1.59. The lowest BCUT2D eigenvalue weighted by Crippen LogP contribution is -2.25. The van der Waals surface area contributed by atoms with Crippen LogP contribution in [0.25, 0.3) is 0 Å². The number of unbranched alkanes of at least 4 members (excludes halogenated alkanes) is 5. The van der Waals surface area contributed by atoms with Gasteiger partial charge in [-0.15, -0.1) is 0 Å². The van der Waals surface area contributed by atoms with Crippen molar-refractivity contribution in [3.8, 4) is 0 Å². The molecule has 0 radical (unpaired) electrons. The summed E-state index contributed by atoms with van der Waals surface area (Å²) >= 11 is 11.2. The van der Waals surface area contributed by atoms with E-state index in [-0.39, 0.29) is 0 Å². The van der Waals surface area contributed by atoms with Crippen molar-refractivity contribution in [3.05, 3.63) is 0 Å². The van der Waals surface area contributed by atoms with E-state index >= 15 is 0 Å². The predicted octanol–water partition coefficient (Wildman–Crippen LogP) is 4.00. The van der Waals surface area contributed by atoms with Crippen molar-refractivity contribution >= 4 is 29.2 Å². The first-order chi connectivity index (χ1) is 6.50. The van der Waals surface area contributed by atoms with Crippen molar-refractivity contribution < 1.29 is 9.90 Å². The number of aliphatic carboxylic acids is 1. The second kappa shape index (κ2) is 7.36. The normalized spacial score (nSPS) is 11.6. The zero-order valence-corrected chi connectivity index (χ0v) is 10.1. The fourth-order valence-corrected chi connectivity index (χ4v) is 1.50. The van der Waals surface area contributed by atoms with Crippen LogP contribution in [0.15, 0.2) is 0 Å². The Morgan fingerprint density at radius 3 is 2.14 bits per heavy atom. The van der Waals surface area contributed by atoms with Gasteiger partial charge in [-0.3, -0.25) is 0 Å². The molecular weight excluding hydrogens is 223 g/mol. The zero-order chi connectivity index (χ0) is 11.0. The Balaban J connectivity index is 3.40. The molecule has 0 aromatic heterocycles. The molecule has 0 aliphatic heterocycles. The smallest absolute Gasteiger partial charge is 0.340 e. The third-order valence-electron chi connectivity index (χ3n) is 2.16. The Kier molecular flexibility index (Phi) is 7.38. The molecule has 0 heterocycles. The van der Waals surface area contributed by atoms with Gasteiger partial charge < -0.3 is 5.11 Å². The highest BCUT2D eigenvalue weighted by atomic mass is 35.5. The standard InChI is InChI=1S/C10H18Cl2O2/c1-2-3-4-5-6-7-8-10(11,12)9(13)14/h2-8H2,1H3,(H,13,14). The molecule has 0 aliphatic carbocycles. The van der Waals surface area contributed by atoms with E-state index in [0.29, 0.717) is 6.42 Å². The van der Waals surface area contributed by atoms with E-state index in [1.165, 1.54) is 19.3 Å². The van der Waals surface area contributed by atoms with Gasteiger partial charge in [0.2, 0.25) is 4.33 Å². The molecule has 4 heteroatoms. The summed E-state index contributed by atoms with van der Waals surface area (Å²) in [6, 6.07) is 0. The maximum absolute atomic E-state index is 10.5. The molecule has 0 spiro atoms. The second-order valence-corrected chi connectivity index (χ2v) is 5.01. The number of rotatable bonds is 8. The third-order valence-corrected chi connectivity index (χ3v) is 2.86. The summed E-state index contributed by atoms with van der Waals surface area (Å²) in [5.74, 6) is -1.14. The molecule has 1 N–H and O–H groups in total. The van der Waals surface area contributed by atoms with E-state index in [0.717, 1.165) is 19.3 Å². The number of carbonyl (C=O) groups is 1. The molecule has 0 saturated carbocycles. The zero-order valence-electron chi connectivity index (χ0n) is 8.56. The highest BCUT2D eigenvalue weighted by Gasteiger charge is 2.32. The van der Waals surface area contributed by atoms with Crippen LogP contribution >= 0.6 is 23.2 Å². The quantitative estimate of drug-likeness (QED) is 0.515. The van der Waals surface area contributed by atoms with Gasteiger partial charge >= 0.3 is 5.97 Å². The number of hydrogen-bond acceptors (Lipinski definition) is 1. The fourth-order valence-electron chi connectivity index (χ4n) is 1.23. The first-order valence-corrected chi connectivity index (χ1v) is 5.87. The van der Waals surface area contributed by atoms with Gasteiger partial charge in [-0.25, -0.2) is 4.79 Å². The van der Waals surface area contributed by atoms with Crippen molar-refractivity contribution in [1.29, 1.82) is 0 Å². The van der Waals surface area contributed by atoms with Gasteiger partial charge in [-0.2, -0.15) is 0 Å². The second-order valence-electron chi connectivity index (χ2n) is 3.53. The SMILES string of the molecule is CCCCCCCCC(Cl)(Cl)C(=O)O. The van der Waals surface area contributed by atoms with Crippen LogP contribution in [0.4, 0.5) is 0 Å². The molecule has 0 bridgehead atoms. The van der Waals surface area contributed by atoms with Gasteiger partial charge in [0.15, 0.2) is 0 Å². The largest absolute Gasteiger partial charge is 0.479 e. The monoisotopic (exact) mass is 240 g/mol. The summed E-state index contributed by atoms with van der Waals surface area (Å²) in [5.41, 5.74) is 0. The lowest BCUT2D eigenvalue weighted by molar-refractivity contribution is -0.138. The van der Waals surface area contributed by atoms with Crippen LogP contribution in [0.2, 0.25) is 0 Å². The van der Waals surface area contributed by atoms with Crippen LogP contribution in [-0.2, 0) is 4.79 Å². The van der Waals surface area contributed by atoms with E-state index < -0.39 is 10.3 Å². The first-order valence-electron chi connectivity index (χ1n) is 5.12. The Morgan fingerprint density at radius 2 is 1.64 bits per heavy atom. The van der Waals surface area contributed by atoms with Gasteiger partial charge in [-0.1, -0.05) is 62.2 Å². The molecule has 0 aromatic rings. The van der Waals surface area contributed by atoms with Gasteiger partial charge in [0.05, 0.1) is 0 Å². The summed E-state index contributed by atoms with van der Waals surface area (Å²) in [4.78, 5) is 10.5. The molecule has 84 valence electrons. The molecule has 0 amide bonds. The maximum Gasteiger partial charge on any atom is 0.340 e. The van der Waals surface area contributed by atoms with Crippen molar-refractivity contribution in [2.45, 2.75) is 56.2 Å². The summed E-state index contributed by atoms with van der Waals surface area (Å²) in [5, 5.41) is 8.62. The Morgan fingerprint density at radius 1 is 1.14 bits per heavy atom. The fraction of sp³-hybridized carbons (Fsp3) is 0.900. The van der Waals surface area contributed by atoms with E-state index in [1.54, 1.807) is 0 Å². The van der Waals surface area contributed by atoms with Crippen LogP contribution in [0, 0.1) is 0 Å². The molecule has 14 heavy (non-hydrogen) atoms. The summed E-state index contributed by atoms with van der Waals surface area (Å²) in [6.45, 7) is 2.16. The average molecular weight is 241 g/mol. The molecule has 0 rings (SSSR count). The van der Waals surface area contributed by atoms with E-state index in [2.05, 4.69) is 6.92 Å². The average Bonchev–Trinajstić information content (AvgIpc) is 2.10. The van der Waals surface area contributed by atoms with Crippen LogP contribution in [0.3, 0.4) is 0 Å². The van der Waals surface area contributed by atoms with E-state index in [9.17, 15) is 4.79 Å². The number of carboxylic acids is 1. The number of alkyl halides is 2. The lowest BCUT2D eigenvalue weighted by atomic mass is 10.1. The molecule has 2 nitrogen and oxygen atoms in total. The molecule has 0 atom stereocenters. The van der Waals surface area contributed by atoms with E-state index in [4.69, 9.17) is 28.3 Å². The number of halogens is 2. The molecule has 0 saturated heterocycles. The van der Waals surface area contributed by atoms with Crippen molar-refractivity contribution in [1.82, 2.24) is 0 Å². The topological polar surface area (TPSA) is 37.3 Å². The molecular formula is C10H18Cl2O2. The van der Waals surface area contributed by atoms with Crippen LogP contribution in [-0.4, -0.2) is 15.4 Å². The summed E-state index contributed by atoms with van der Waals surface area (Å²) in [6.07, 6.45) is 6.92. The Hall–Kier alpha value is 0.0500. The minimum atomic E-state index is -1.59.